The van der Waals surface area contributed by atoms with E-state index in [9.17, 15) is 0 Å². The van der Waals surface area contributed by atoms with Crippen molar-refractivity contribution in [1.29, 1.82) is 0 Å². The van der Waals surface area contributed by atoms with Crippen molar-refractivity contribution in [3.05, 3.63) is 17.5 Å². The van der Waals surface area contributed by atoms with Crippen LogP contribution in [0.25, 0.3) is 0 Å². The summed E-state index contributed by atoms with van der Waals surface area (Å²) in [6.07, 6.45) is 1.98. The molecule has 0 N–H and O–H groups in total. The Kier molecular flexibility index (Phi) is 3.72. The van der Waals surface area contributed by atoms with Gasteiger partial charge in [0, 0.05) is 5.56 Å². The second-order valence-corrected chi connectivity index (χ2v) is 5.99. The van der Waals surface area contributed by atoms with Gasteiger partial charge in [-0.15, -0.1) is 10.2 Å². The van der Waals surface area contributed by atoms with Crippen molar-refractivity contribution in [2.24, 2.45) is 17.3 Å². The normalized spacial score (nSPS) is 11.4. The van der Waals surface area contributed by atoms with Crippen molar-refractivity contribution in [3.8, 4) is 0 Å². The topological polar surface area (TPSA) is 44.7 Å². The maximum Gasteiger partial charge on any atom is 0.337 e. The molecule has 0 aliphatic rings. The Morgan fingerprint density at radius 3 is 2.50 bits per heavy atom. The molecule has 0 amide bonds. The van der Waals surface area contributed by atoms with Crippen molar-refractivity contribution < 1.29 is 4.57 Å². The van der Waals surface area contributed by atoms with E-state index in [0.717, 1.165) is 26.4 Å². The van der Waals surface area contributed by atoms with Crippen molar-refractivity contribution in [3.63, 3.8) is 0 Å². The van der Waals surface area contributed by atoms with E-state index in [1.807, 2.05) is 45.8 Å². The van der Waals surface area contributed by atoms with E-state index in [1.165, 1.54) is 11.5 Å². The third kappa shape index (κ3) is 2.56. The van der Waals surface area contributed by atoms with Gasteiger partial charge in [0.25, 0.3) is 0 Å². The Labute approximate surface area is 115 Å². The average Bonchev–Trinajstić information content (AvgIpc) is 2.82. The van der Waals surface area contributed by atoms with E-state index >= 15 is 0 Å². The van der Waals surface area contributed by atoms with Crippen LogP contribution in [0.15, 0.2) is 16.4 Å². The molecule has 0 spiro atoms. The zero-order valence-corrected chi connectivity index (χ0v) is 12.8. The van der Waals surface area contributed by atoms with Gasteiger partial charge in [-0.3, -0.25) is 4.90 Å². The van der Waals surface area contributed by atoms with E-state index in [2.05, 4.69) is 19.5 Å². The number of thiazole rings is 1. The Balaban J connectivity index is 2.24. The van der Waals surface area contributed by atoms with Gasteiger partial charge in [-0.1, -0.05) is 0 Å². The van der Waals surface area contributed by atoms with Crippen molar-refractivity contribution in [2.45, 2.75) is 13.8 Å². The van der Waals surface area contributed by atoms with Gasteiger partial charge in [0.15, 0.2) is 10.0 Å². The number of azo groups is 1. The maximum absolute atomic E-state index is 4.28. The third-order valence-electron chi connectivity index (χ3n) is 2.56. The minimum Gasteiger partial charge on any atom is -0.258 e. The Hall–Kier alpha value is -1.34. The standard InChI is InChI=1S/C11H16N5S2/c1-7-8(2)14-18-10(7)13-12-9-6-16(5)11(17-9)15(3)4/h6H,1-5H3/q+1/b13-12+. The molecule has 0 aliphatic carbocycles. The summed E-state index contributed by atoms with van der Waals surface area (Å²) in [6.45, 7) is 4.01. The second-order valence-electron chi connectivity index (χ2n) is 4.26. The lowest BCUT2D eigenvalue weighted by Crippen LogP contribution is -2.31. The van der Waals surface area contributed by atoms with Crippen LogP contribution in [0.2, 0.25) is 0 Å². The molecule has 0 saturated carbocycles. The fourth-order valence-electron chi connectivity index (χ4n) is 1.46. The highest BCUT2D eigenvalue weighted by molar-refractivity contribution is 7.18. The van der Waals surface area contributed by atoms with Gasteiger partial charge in [-0.2, -0.15) is 4.37 Å². The van der Waals surface area contributed by atoms with Gasteiger partial charge in [0.2, 0.25) is 0 Å². The zero-order chi connectivity index (χ0) is 13.3. The molecule has 0 bridgehead atoms. The Morgan fingerprint density at radius 1 is 1.28 bits per heavy atom. The number of aryl methyl sites for hydroxylation is 2. The molecule has 18 heavy (non-hydrogen) atoms. The summed E-state index contributed by atoms with van der Waals surface area (Å²) < 4.78 is 6.30. The Bertz CT molecular complexity index is 582. The van der Waals surface area contributed by atoms with E-state index in [4.69, 9.17) is 0 Å². The van der Waals surface area contributed by atoms with Crippen LogP contribution in [0.5, 0.6) is 0 Å². The molecular formula is C11H16N5S2+. The van der Waals surface area contributed by atoms with Crippen LogP contribution in [0.1, 0.15) is 11.3 Å². The maximum atomic E-state index is 4.28. The van der Waals surface area contributed by atoms with E-state index < -0.39 is 0 Å². The molecule has 0 atom stereocenters. The van der Waals surface area contributed by atoms with Crippen molar-refractivity contribution in [1.82, 2.24) is 4.37 Å². The fraction of sp³-hybridized carbons (Fsp3) is 0.455. The number of hydrogen-bond donors (Lipinski definition) is 0. The van der Waals surface area contributed by atoms with Crippen LogP contribution in [0.3, 0.4) is 0 Å². The lowest BCUT2D eigenvalue weighted by atomic mass is 10.3. The van der Waals surface area contributed by atoms with E-state index in [-0.39, 0.29) is 0 Å². The molecule has 0 saturated heterocycles. The monoisotopic (exact) mass is 282 g/mol. The number of aromatic nitrogens is 2. The Morgan fingerprint density at radius 2 is 2.00 bits per heavy atom. The van der Waals surface area contributed by atoms with Gasteiger partial charge < -0.3 is 0 Å². The second kappa shape index (κ2) is 5.11. The number of hydrogen-bond acceptors (Lipinski definition) is 6. The molecule has 96 valence electrons. The summed E-state index contributed by atoms with van der Waals surface area (Å²) in [5, 5.41) is 11.5. The smallest absolute Gasteiger partial charge is 0.258 e. The third-order valence-corrected chi connectivity index (χ3v) is 4.71. The van der Waals surface area contributed by atoms with Crippen LogP contribution in [-0.2, 0) is 7.05 Å². The predicted octanol–water partition coefficient (Wildman–Crippen LogP) is 3.13. The summed E-state index contributed by atoms with van der Waals surface area (Å²) in [6, 6.07) is 0. The molecule has 2 aromatic rings. The highest BCUT2D eigenvalue weighted by atomic mass is 32.1. The first-order chi connectivity index (χ1) is 8.49. The zero-order valence-electron chi connectivity index (χ0n) is 11.1. The average molecular weight is 282 g/mol. The highest BCUT2D eigenvalue weighted by Gasteiger charge is 2.14. The lowest BCUT2D eigenvalue weighted by molar-refractivity contribution is -0.653. The predicted molar refractivity (Wildman–Crippen MR) is 75.6 cm³/mol. The molecule has 2 aromatic heterocycles. The van der Waals surface area contributed by atoms with Crippen LogP contribution < -0.4 is 9.47 Å². The van der Waals surface area contributed by atoms with Gasteiger partial charge in [-0.25, -0.2) is 4.57 Å². The minimum atomic E-state index is 0.884. The van der Waals surface area contributed by atoms with E-state index in [0.29, 0.717) is 0 Å². The number of nitrogens with zero attached hydrogens (tertiary/aromatic N) is 5. The first kappa shape index (κ1) is 13.1. The largest absolute Gasteiger partial charge is 0.337 e. The first-order valence-electron chi connectivity index (χ1n) is 5.50. The van der Waals surface area contributed by atoms with Gasteiger partial charge in [-0.05, 0) is 36.7 Å². The molecule has 0 aliphatic heterocycles. The van der Waals surface area contributed by atoms with Crippen LogP contribution >= 0.6 is 22.9 Å². The molecule has 0 fully saturated rings. The molecule has 0 aromatic carbocycles. The van der Waals surface area contributed by atoms with Crippen molar-refractivity contribution in [2.75, 3.05) is 19.0 Å². The highest BCUT2D eigenvalue weighted by Crippen LogP contribution is 2.31. The SMILES string of the molecule is Cc1nsc(/N=N/c2c[n+](C)c(N(C)C)s2)c1C. The first-order valence-corrected chi connectivity index (χ1v) is 7.09. The van der Waals surface area contributed by atoms with Gasteiger partial charge in [0.05, 0.1) is 26.8 Å². The number of anilines is 1. The molecule has 5 nitrogen and oxygen atoms in total. The fourth-order valence-corrected chi connectivity index (χ4v) is 3.04. The molecular weight excluding hydrogens is 266 g/mol. The van der Waals surface area contributed by atoms with E-state index in [1.54, 1.807) is 11.3 Å². The summed E-state index contributed by atoms with van der Waals surface area (Å²) in [5.74, 6) is 0. The number of rotatable bonds is 3. The van der Waals surface area contributed by atoms with Crippen LogP contribution in [0.4, 0.5) is 15.1 Å². The molecule has 7 heteroatoms. The minimum absolute atomic E-state index is 0.884. The van der Waals surface area contributed by atoms with Crippen LogP contribution in [0, 0.1) is 13.8 Å². The van der Waals surface area contributed by atoms with Crippen molar-refractivity contribution >= 4 is 38.0 Å². The van der Waals surface area contributed by atoms with Crippen LogP contribution in [-0.4, -0.2) is 18.5 Å². The summed E-state index contributed by atoms with van der Waals surface area (Å²) in [5.41, 5.74) is 2.14. The quantitative estimate of drug-likeness (QED) is 0.641. The molecule has 2 rings (SSSR count). The summed E-state index contributed by atoms with van der Waals surface area (Å²) >= 11 is 3.00. The molecule has 0 unspecified atom stereocenters. The molecule has 0 radical (unpaired) electrons. The van der Waals surface area contributed by atoms with Gasteiger partial charge >= 0.3 is 5.13 Å². The lowest BCUT2D eigenvalue weighted by Gasteiger charge is -1.99. The molecule has 2 heterocycles. The summed E-state index contributed by atoms with van der Waals surface area (Å²) in [4.78, 5) is 2.06. The van der Waals surface area contributed by atoms with Gasteiger partial charge in [0.1, 0.15) is 6.20 Å². The summed E-state index contributed by atoms with van der Waals surface area (Å²) in [7, 11) is 6.04.